The maximum atomic E-state index is 13.9. The molecule has 0 saturated heterocycles. The van der Waals surface area contributed by atoms with Crippen LogP contribution in [-0.2, 0) is 4.74 Å². The summed E-state index contributed by atoms with van der Waals surface area (Å²) in [6.07, 6.45) is 0.835. The van der Waals surface area contributed by atoms with E-state index in [1.807, 2.05) is 20.8 Å². The van der Waals surface area contributed by atoms with Crippen molar-refractivity contribution in [2.75, 3.05) is 32.1 Å². The number of amides is 1. The first-order valence-corrected chi connectivity index (χ1v) is 7.39. The van der Waals surface area contributed by atoms with Gasteiger partial charge in [-0.15, -0.1) is 0 Å². The highest BCUT2D eigenvalue weighted by Gasteiger charge is 2.23. The molecule has 1 unspecified atom stereocenters. The van der Waals surface area contributed by atoms with Gasteiger partial charge in [0.25, 0.3) is 5.91 Å². The van der Waals surface area contributed by atoms with Crippen LogP contribution in [0.3, 0.4) is 0 Å². The second-order valence-electron chi connectivity index (χ2n) is 4.94. The summed E-state index contributed by atoms with van der Waals surface area (Å²) in [6, 6.07) is 4.66. The fraction of sp³-hybridized carbons (Fsp3) is 0.562. The highest BCUT2D eigenvalue weighted by Crippen LogP contribution is 2.22. The maximum absolute atomic E-state index is 13.9. The van der Waals surface area contributed by atoms with Crippen LogP contribution in [0, 0.1) is 5.82 Å². The average Bonchev–Trinajstić information content (AvgIpc) is 2.49. The van der Waals surface area contributed by atoms with Crippen LogP contribution in [0.15, 0.2) is 18.2 Å². The van der Waals surface area contributed by atoms with Gasteiger partial charge in [0.15, 0.2) is 0 Å². The number of nitrogens with zero attached hydrogens (tertiary/aromatic N) is 1. The van der Waals surface area contributed by atoms with Crippen molar-refractivity contribution in [3.63, 3.8) is 0 Å². The van der Waals surface area contributed by atoms with E-state index in [0.717, 1.165) is 6.42 Å². The molecule has 0 saturated carbocycles. The van der Waals surface area contributed by atoms with Gasteiger partial charge in [-0.2, -0.15) is 0 Å². The molecule has 0 aliphatic heterocycles. The largest absolute Gasteiger partial charge is 0.383 e. The van der Waals surface area contributed by atoms with Crippen molar-refractivity contribution < 1.29 is 13.9 Å². The number of hydrogen-bond acceptors (Lipinski definition) is 3. The maximum Gasteiger partial charge on any atom is 0.256 e. The summed E-state index contributed by atoms with van der Waals surface area (Å²) in [4.78, 5) is 14.5. The predicted molar refractivity (Wildman–Crippen MR) is 83.2 cm³/mol. The van der Waals surface area contributed by atoms with Crippen LogP contribution in [0.1, 0.15) is 37.6 Å². The van der Waals surface area contributed by atoms with E-state index in [4.69, 9.17) is 4.74 Å². The van der Waals surface area contributed by atoms with Crippen LogP contribution in [-0.4, -0.2) is 43.7 Å². The Morgan fingerprint density at radius 3 is 2.71 bits per heavy atom. The van der Waals surface area contributed by atoms with Crippen molar-refractivity contribution in [1.29, 1.82) is 0 Å². The number of para-hydroxylation sites is 1. The molecule has 0 spiro atoms. The normalized spacial score (nSPS) is 12.0. The fourth-order valence-corrected chi connectivity index (χ4v) is 2.15. The Kier molecular flexibility index (Phi) is 7.15. The Hall–Kier alpha value is -1.62. The molecular weight excluding hydrogens is 271 g/mol. The van der Waals surface area contributed by atoms with Crippen molar-refractivity contribution in [2.45, 2.75) is 33.2 Å². The molecular formula is C16H25FN2O2. The monoisotopic (exact) mass is 296 g/mol. The zero-order valence-electron chi connectivity index (χ0n) is 13.3. The van der Waals surface area contributed by atoms with Gasteiger partial charge in [0, 0.05) is 26.2 Å². The molecule has 1 aromatic rings. The quantitative estimate of drug-likeness (QED) is 0.801. The molecule has 1 atom stereocenters. The van der Waals surface area contributed by atoms with Crippen LogP contribution in [0.4, 0.5) is 10.1 Å². The van der Waals surface area contributed by atoms with E-state index < -0.39 is 5.82 Å². The van der Waals surface area contributed by atoms with Crippen molar-refractivity contribution in [1.82, 2.24) is 4.90 Å². The second kappa shape index (κ2) is 8.62. The van der Waals surface area contributed by atoms with Gasteiger partial charge >= 0.3 is 0 Å². The molecule has 1 rings (SSSR count). The molecule has 1 N–H and O–H groups in total. The van der Waals surface area contributed by atoms with Crippen LogP contribution in [0.25, 0.3) is 0 Å². The minimum absolute atomic E-state index is 0.0744. The Balaban J connectivity index is 3.10. The van der Waals surface area contributed by atoms with Crippen LogP contribution in [0.5, 0.6) is 0 Å². The third kappa shape index (κ3) is 4.43. The molecule has 0 aromatic heterocycles. The highest BCUT2D eigenvalue weighted by atomic mass is 19.1. The van der Waals surface area contributed by atoms with Crippen molar-refractivity contribution in [2.24, 2.45) is 0 Å². The third-order valence-corrected chi connectivity index (χ3v) is 3.52. The molecule has 1 aromatic carbocycles. The van der Waals surface area contributed by atoms with Crippen molar-refractivity contribution in [3.8, 4) is 0 Å². The average molecular weight is 296 g/mol. The number of ether oxygens (including phenoxy) is 1. The molecule has 1 amide bonds. The standard InChI is InChI=1S/C16H25FN2O2/c1-5-12(3)19(10-11-21-4)16(20)13-8-7-9-14(17)15(13)18-6-2/h7-9,12,18H,5-6,10-11H2,1-4H3. The molecule has 0 aliphatic carbocycles. The van der Waals surface area contributed by atoms with E-state index in [1.54, 1.807) is 24.1 Å². The predicted octanol–water partition coefficient (Wildman–Crippen LogP) is 3.14. The number of halogens is 1. The number of benzene rings is 1. The summed E-state index contributed by atoms with van der Waals surface area (Å²) in [7, 11) is 1.60. The summed E-state index contributed by atoms with van der Waals surface area (Å²) in [6.45, 7) is 7.39. The smallest absolute Gasteiger partial charge is 0.256 e. The number of nitrogens with one attached hydrogen (secondary N) is 1. The first-order chi connectivity index (χ1) is 10.1. The molecule has 0 radical (unpaired) electrons. The van der Waals surface area contributed by atoms with Gasteiger partial charge in [-0.3, -0.25) is 4.79 Å². The molecule has 0 fully saturated rings. The summed E-state index contributed by atoms with van der Waals surface area (Å²) >= 11 is 0. The van der Waals surface area contributed by atoms with Gasteiger partial charge in [0.05, 0.1) is 17.9 Å². The Morgan fingerprint density at radius 2 is 2.14 bits per heavy atom. The van der Waals surface area contributed by atoms with Gasteiger partial charge in [0.1, 0.15) is 5.82 Å². The lowest BCUT2D eigenvalue weighted by Gasteiger charge is -2.29. The Labute approximate surface area is 126 Å². The summed E-state index contributed by atoms with van der Waals surface area (Å²) in [5.41, 5.74) is 0.643. The number of methoxy groups -OCH3 is 1. The van der Waals surface area contributed by atoms with E-state index in [-0.39, 0.29) is 17.6 Å². The van der Waals surface area contributed by atoms with Crippen LogP contribution >= 0.6 is 0 Å². The summed E-state index contributed by atoms with van der Waals surface area (Å²) in [5.74, 6) is -0.574. The van der Waals surface area contributed by atoms with Crippen LogP contribution < -0.4 is 5.32 Å². The fourth-order valence-electron chi connectivity index (χ4n) is 2.15. The first-order valence-electron chi connectivity index (χ1n) is 7.39. The summed E-state index contributed by atoms with van der Waals surface area (Å²) < 4.78 is 19.0. The SMILES string of the molecule is CCNc1c(F)cccc1C(=O)N(CCOC)C(C)CC. The number of rotatable bonds is 8. The summed E-state index contributed by atoms with van der Waals surface area (Å²) in [5, 5.41) is 2.94. The molecule has 21 heavy (non-hydrogen) atoms. The lowest BCUT2D eigenvalue weighted by Crippen LogP contribution is -2.40. The Morgan fingerprint density at radius 1 is 1.43 bits per heavy atom. The van der Waals surface area contributed by atoms with Gasteiger partial charge in [-0.1, -0.05) is 13.0 Å². The molecule has 118 valence electrons. The molecule has 5 heteroatoms. The molecule has 0 aliphatic rings. The molecule has 0 bridgehead atoms. The number of carbonyl (C=O) groups is 1. The van der Waals surface area contributed by atoms with Crippen LogP contribution in [0.2, 0.25) is 0 Å². The molecule has 4 nitrogen and oxygen atoms in total. The van der Waals surface area contributed by atoms with Crippen molar-refractivity contribution >= 4 is 11.6 Å². The van der Waals surface area contributed by atoms with E-state index in [2.05, 4.69) is 5.32 Å². The van der Waals surface area contributed by atoms with E-state index >= 15 is 0 Å². The molecule has 0 heterocycles. The number of carbonyl (C=O) groups excluding carboxylic acids is 1. The van der Waals surface area contributed by atoms with Gasteiger partial charge in [0.2, 0.25) is 0 Å². The van der Waals surface area contributed by atoms with Gasteiger partial charge < -0.3 is 15.0 Å². The third-order valence-electron chi connectivity index (χ3n) is 3.52. The van der Waals surface area contributed by atoms with Gasteiger partial charge in [-0.25, -0.2) is 4.39 Å². The first kappa shape index (κ1) is 17.4. The second-order valence-corrected chi connectivity index (χ2v) is 4.94. The van der Waals surface area contributed by atoms with E-state index in [0.29, 0.717) is 25.3 Å². The minimum Gasteiger partial charge on any atom is -0.383 e. The zero-order chi connectivity index (χ0) is 15.8. The number of hydrogen-bond donors (Lipinski definition) is 1. The topological polar surface area (TPSA) is 41.6 Å². The van der Waals surface area contributed by atoms with Crippen molar-refractivity contribution in [3.05, 3.63) is 29.6 Å². The minimum atomic E-state index is -0.404. The van der Waals surface area contributed by atoms with Gasteiger partial charge in [-0.05, 0) is 32.4 Å². The highest BCUT2D eigenvalue weighted by molar-refractivity contribution is 5.99. The lowest BCUT2D eigenvalue weighted by atomic mass is 10.1. The lowest BCUT2D eigenvalue weighted by molar-refractivity contribution is 0.0614. The van der Waals surface area contributed by atoms with E-state index in [1.165, 1.54) is 6.07 Å². The zero-order valence-corrected chi connectivity index (χ0v) is 13.3. The number of anilines is 1. The van der Waals surface area contributed by atoms with E-state index in [9.17, 15) is 9.18 Å². The Bertz CT molecular complexity index is 466.